The van der Waals surface area contributed by atoms with E-state index in [2.05, 4.69) is 29.6 Å². The van der Waals surface area contributed by atoms with Gasteiger partial charge in [0.05, 0.1) is 12.8 Å². The molecule has 0 saturated heterocycles. The molecule has 82 valence electrons. The molecule has 16 heavy (non-hydrogen) atoms. The van der Waals surface area contributed by atoms with Crippen LogP contribution in [0.1, 0.15) is 17.4 Å². The Morgan fingerprint density at radius 1 is 1.25 bits per heavy atom. The van der Waals surface area contributed by atoms with Crippen molar-refractivity contribution in [2.24, 2.45) is 0 Å². The van der Waals surface area contributed by atoms with Gasteiger partial charge in [-0.3, -0.25) is 0 Å². The number of hydrogen-bond acceptors (Lipinski definition) is 3. The third kappa shape index (κ3) is 1.88. The van der Waals surface area contributed by atoms with Crippen molar-refractivity contribution in [2.75, 3.05) is 5.75 Å². The number of hydrogen-bond donors (Lipinski definition) is 1. The summed E-state index contributed by atoms with van der Waals surface area (Å²) < 4.78 is 5.31. The molecule has 0 aliphatic carbocycles. The summed E-state index contributed by atoms with van der Waals surface area (Å²) in [4.78, 5) is 1.40. The van der Waals surface area contributed by atoms with Crippen LogP contribution in [0.3, 0.4) is 0 Å². The molecule has 0 bridgehead atoms. The fraction of sp³-hybridized carbons (Fsp3) is 0.231. The molecule has 1 unspecified atom stereocenters. The number of nitrogens with one attached hydrogen (secondary N) is 1. The lowest BCUT2D eigenvalue weighted by molar-refractivity contribution is 0.463. The fourth-order valence-corrected chi connectivity index (χ4v) is 3.16. The van der Waals surface area contributed by atoms with Crippen LogP contribution in [0, 0.1) is 0 Å². The number of rotatable bonds is 3. The van der Waals surface area contributed by atoms with Gasteiger partial charge in [-0.05, 0) is 23.8 Å². The summed E-state index contributed by atoms with van der Waals surface area (Å²) in [7, 11) is 0. The molecular weight excluding hydrogens is 218 g/mol. The highest BCUT2D eigenvalue weighted by Gasteiger charge is 2.21. The van der Waals surface area contributed by atoms with E-state index in [-0.39, 0.29) is 0 Å². The third-order valence-electron chi connectivity index (χ3n) is 2.80. The van der Waals surface area contributed by atoms with Gasteiger partial charge in [0, 0.05) is 16.7 Å². The molecule has 1 aliphatic heterocycles. The van der Waals surface area contributed by atoms with E-state index >= 15 is 0 Å². The molecule has 1 aromatic heterocycles. The Bertz CT molecular complexity index is 467. The molecule has 1 atom stereocenters. The monoisotopic (exact) mass is 231 g/mol. The molecule has 3 heteroatoms. The van der Waals surface area contributed by atoms with Crippen LogP contribution in [0.5, 0.6) is 0 Å². The minimum atomic E-state index is 0.450. The van der Waals surface area contributed by atoms with Gasteiger partial charge in [-0.15, -0.1) is 11.8 Å². The standard InChI is InChI=1S/C13H13NOS/c1-2-6-13-11(5-1)12(9-16-13)14-8-10-4-3-7-15-10/h1-7,12,14H,8-9H2. The molecule has 0 spiro atoms. The zero-order valence-corrected chi connectivity index (χ0v) is 9.67. The quantitative estimate of drug-likeness (QED) is 0.878. The van der Waals surface area contributed by atoms with Crippen LogP contribution in [-0.4, -0.2) is 5.75 Å². The largest absolute Gasteiger partial charge is 0.468 e. The summed E-state index contributed by atoms with van der Waals surface area (Å²) in [5.74, 6) is 2.11. The predicted molar refractivity (Wildman–Crippen MR) is 65.5 cm³/mol. The van der Waals surface area contributed by atoms with E-state index in [0.717, 1.165) is 18.1 Å². The summed E-state index contributed by atoms with van der Waals surface area (Å²) in [6, 6.07) is 13.0. The zero-order valence-electron chi connectivity index (χ0n) is 8.85. The van der Waals surface area contributed by atoms with Crippen LogP contribution in [0.4, 0.5) is 0 Å². The first-order chi connectivity index (χ1) is 7.93. The summed E-state index contributed by atoms with van der Waals surface area (Å²) in [5.41, 5.74) is 1.42. The SMILES string of the molecule is c1coc(CNC2CSc3ccccc32)c1. The molecule has 2 heterocycles. The first-order valence-electron chi connectivity index (χ1n) is 5.41. The first kappa shape index (κ1) is 10.00. The molecule has 3 rings (SSSR count). The number of benzene rings is 1. The topological polar surface area (TPSA) is 25.2 Å². The molecule has 0 amide bonds. The highest BCUT2D eigenvalue weighted by atomic mass is 32.2. The van der Waals surface area contributed by atoms with Crippen molar-refractivity contribution in [3.05, 3.63) is 54.0 Å². The van der Waals surface area contributed by atoms with Crippen molar-refractivity contribution in [3.8, 4) is 0 Å². The highest BCUT2D eigenvalue weighted by molar-refractivity contribution is 7.99. The maximum atomic E-state index is 5.31. The van der Waals surface area contributed by atoms with E-state index in [1.807, 2.05) is 23.9 Å². The fourth-order valence-electron chi connectivity index (χ4n) is 1.97. The average molecular weight is 231 g/mol. The lowest BCUT2D eigenvalue weighted by atomic mass is 10.1. The molecular formula is C13H13NOS. The first-order valence-corrected chi connectivity index (χ1v) is 6.39. The maximum Gasteiger partial charge on any atom is 0.117 e. The van der Waals surface area contributed by atoms with Crippen molar-refractivity contribution in [2.45, 2.75) is 17.5 Å². The van der Waals surface area contributed by atoms with Crippen molar-refractivity contribution >= 4 is 11.8 Å². The minimum Gasteiger partial charge on any atom is -0.468 e. The second kappa shape index (κ2) is 4.36. The number of fused-ring (bicyclic) bond motifs is 1. The van der Waals surface area contributed by atoms with Gasteiger partial charge >= 0.3 is 0 Å². The second-order valence-electron chi connectivity index (χ2n) is 3.86. The molecule has 0 radical (unpaired) electrons. The molecule has 0 saturated carbocycles. The van der Waals surface area contributed by atoms with Crippen LogP contribution in [-0.2, 0) is 6.54 Å². The van der Waals surface area contributed by atoms with Gasteiger partial charge in [0.1, 0.15) is 5.76 Å². The van der Waals surface area contributed by atoms with E-state index < -0.39 is 0 Å². The summed E-state index contributed by atoms with van der Waals surface area (Å²) in [5, 5.41) is 3.53. The van der Waals surface area contributed by atoms with Crippen molar-refractivity contribution in [1.29, 1.82) is 0 Å². The third-order valence-corrected chi connectivity index (χ3v) is 3.99. The predicted octanol–water partition coefficient (Wildman–Crippen LogP) is 3.22. The van der Waals surface area contributed by atoms with E-state index in [9.17, 15) is 0 Å². The van der Waals surface area contributed by atoms with Gasteiger partial charge in [0.25, 0.3) is 0 Å². The van der Waals surface area contributed by atoms with Crippen molar-refractivity contribution in [3.63, 3.8) is 0 Å². The second-order valence-corrected chi connectivity index (χ2v) is 4.92. The van der Waals surface area contributed by atoms with Gasteiger partial charge in [0.15, 0.2) is 0 Å². The van der Waals surface area contributed by atoms with E-state index in [1.54, 1.807) is 6.26 Å². The normalized spacial score (nSPS) is 18.6. The van der Waals surface area contributed by atoms with E-state index in [4.69, 9.17) is 4.42 Å². The van der Waals surface area contributed by atoms with Crippen molar-refractivity contribution in [1.82, 2.24) is 5.32 Å². The Labute approximate surface area is 99.0 Å². The van der Waals surface area contributed by atoms with Crippen LogP contribution < -0.4 is 5.32 Å². The number of furan rings is 1. The molecule has 0 fully saturated rings. The van der Waals surface area contributed by atoms with Crippen LogP contribution in [0.2, 0.25) is 0 Å². The molecule has 1 aliphatic rings. The Balaban J connectivity index is 1.69. The minimum absolute atomic E-state index is 0.450. The average Bonchev–Trinajstić information content (AvgIpc) is 2.96. The Morgan fingerprint density at radius 3 is 3.06 bits per heavy atom. The maximum absolute atomic E-state index is 5.31. The van der Waals surface area contributed by atoms with Gasteiger partial charge < -0.3 is 9.73 Å². The van der Waals surface area contributed by atoms with Crippen molar-refractivity contribution < 1.29 is 4.42 Å². The van der Waals surface area contributed by atoms with E-state index in [1.165, 1.54) is 10.5 Å². The Morgan fingerprint density at radius 2 is 2.19 bits per heavy atom. The van der Waals surface area contributed by atoms with Crippen LogP contribution in [0.25, 0.3) is 0 Å². The summed E-state index contributed by atoms with van der Waals surface area (Å²) in [6.45, 7) is 0.798. The lowest BCUT2D eigenvalue weighted by Crippen LogP contribution is -2.20. The Kier molecular flexibility index (Phi) is 2.72. The highest BCUT2D eigenvalue weighted by Crippen LogP contribution is 2.37. The smallest absolute Gasteiger partial charge is 0.117 e. The van der Waals surface area contributed by atoms with E-state index in [0.29, 0.717) is 6.04 Å². The molecule has 2 nitrogen and oxygen atoms in total. The van der Waals surface area contributed by atoms with Gasteiger partial charge in [-0.25, -0.2) is 0 Å². The van der Waals surface area contributed by atoms with Gasteiger partial charge in [0.2, 0.25) is 0 Å². The Hall–Kier alpha value is -1.19. The molecule has 1 N–H and O–H groups in total. The van der Waals surface area contributed by atoms with Crippen LogP contribution >= 0.6 is 11.8 Å². The number of thioether (sulfide) groups is 1. The lowest BCUT2D eigenvalue weighted by Gasteiger charge is -2.11. The molecule has 1 aromatic carbocycles. The molecule has 2 aromatic rings. The summed E-state index contributed by atoms with van der Waals surface area (Å²) >= 11 is 1.92. The summed E-state index contributed by atoms with van der Waals surface area (Å²) in [6.07, 6.45) is 1.72. The van der Waals surface area contributed by atoms with Crippen LogP contribution in [0.15, 0.2) is 52.0 Å². The van der Waals surface area contributed by atoms with Gasteiger partial charge in [-0.2, -0.15) is 0 Å². The van der Waals surface area contributed by atoms with Gasteiger partial charge in [-0.1, -0.05) is 18.2 Å². The zero-order chi connectivity index (χ0) is 10.8.